The van der Waals surface area contributed by atoms with Gasteiger partial charge in [-0.3, -0.25) is 0 Å². The molecule has 208 valence electrons. The molecule has 1 aliphatic rings. The molecule has 0 atom stereocenters. The maximum atomic E-state index is 2.49. The number of hydrogen-bond acceptors (Lipinski definition) is 0. The van der Waals surface area contributed by atoms with Crippen LogP contribution < -0.4 is 0 Å². The van der Waals surface area contributed by atoms with Crippen molar-refractivity contribution in [2.24, 2.45) is 0 Å². The molecule has 0 saturated carbocycles. The summed E-state index contributed by atoms with van der Waals surface area (Å²) in [5.74, 6) is 0. The molecule has 0 aromatic heterocycles. The Hall–Kier alpha value is -4.68. The van der Waals surface area contributed by atoms with Crippen LogP contribution in [0.4, 0.5) is 0 Å². The zero-order valence-corrected chi connectivity index (χ0v) is 25.6. The van der Waals surface area contributed by atoms with Gasteiger partial charge in [-0.2, -0.15) is 0 Å². The average molecular weight is 553 g/mol. The number of hydrogen-bond donors (Lipinski definition) is 0. The van der Waals surface area contributed by atoms with E-state index >= 15 is 0 Å². The third-order valence-corrected chi connectivity index (χ3v) is 9.73. The van der Waals surface area contributed by atoms with E-state index in [1.807, 2.05) is 0 Å². The van der Waals surface area contributed by atoms with E-state index < -0.39 is 0 Å². The molecular weight excluding hydrogens is 516 g/mol. The van der Waals surface area contributed by atoms with E-state index in [0.717, 1.165) is 0 Å². The van der Waals surface area contributed by atoms with E-state index in [1.165, 1.54) is 82.4 Å². The Labute approximate surface area is 254 Å². The lowest BCUT2D eigenvalue weighted by Crippen LogP contribution is -2.23. The highest BCUT2D eigenvalue weighted by Gasteiger charge is 2.34. The second kappa shape index (κ2) is 9.16. The topological polar surface area (TPSA) is 0 Å². The van der Waals surface area contributed by atoms with Gasteiger partial charge in [0.25, 0.3) is 0 Å². The summed E-state index contributed by atoms with van der Waals surface area (Å²) in [6.45, 7) is 11.8. The molecule has 0 fully saturated rings. The first-order valence-corrected chi connectivity index (χ1v) is 15.5. The smallest absolute Gasteiger partial charge is 0.0159 e. The van der Waals surface area contributed by atoms with Gasteiger partial charge in [0.05, 0.1) is 0 Å². The van der Waals surface area contributed by atoms with Crippen molar-refractivity contribution in [3.05, 3.63) is 144 Å². The summed E-state index contributed by atoms with van der Waals surface area (Å²) < 4.78 is 0. The number of rotatable bonds is 2. The van der Waals surface area contributed by atoms with Gasteiger partial charge < -0.3 is 0 Å². The van der Waals surface area contributed by atoms with Crippen molar-refractivity contribution < 1.29 is 0 Å². The fourth-order valence-electron chi connectivity index (χ4n) is 7.79. The molecule has 0 N–H and O–H groups in total. The summed E-state index contributed by atoms with van der Waals surface area (Å²) in [5, 5.41) is 8.04. The molecular formula is C43H36. The molecule has 0 unspecified atom stereocenters. The molecule has 0 aliphatic heterocycles. The summed E-state index contributed by atoms with van der Waals surface area (Å²) >= 11 is 0. The third kappa shape index (κ3) is 3.83. The van der Waals surface area contributed by atoms with Gasteiger partial charge in [0, 0.05) is 5.41 Å². The van der Waals surface area contributed by atoms with Crippen molar-refractivity contribution in [1.29, 1.82) is 0 Å². The fraction of sp³-hybridized carbons (Fsp3) is 0.163. The van der Waals surface area contributed by atoms with Gasteiger partial charge in [0.2, 0.25) is 0 Å². The van der Waals surface area contributed by atoms with Crippen molar-refractivity contribution in [2.45, 2.75) is 45.4 Å². The van der Waals surface area contributed by atoms with Gasteiger partial charge in [0.1, 0.15) is 0 Å². The normalized spacial score (nSPS) is 13.9. The SMILES string of the molecule is CC(C)(C)c1c2ccccc2c(-c2ccc3c(c2)C(C)(C)c2cccc4cccc-3c24)c2ccc(-c3ccccc3)cc12. The molecule has 0 bridgehead atoms. The predicted octanol–water partition coefficient (Wildman–Crippen LogP) is 12.1. The summed E-state index contributed by atoms with van der Waals surface area (Å²) in [5.41, 5.74) is 11.9. The molecule has 8 rings (SSSR count). The molecule has 0 radical (unpaired) electrons. The van der Waals surface area contributed by atoms with Crippen LogP contribution in [0.1, 0.15) is 51.3 Å². The van der Waals surface area contributed by atoms with Crippen molar-refractivity contribution in [2.75, 3.05) is 0 Å². The van der Waals surface area contributed by atoms with Crippen LogP contribution in [0.5, 0.6) is 0 Å². The zero-order chi connectivity index (χ0) is 29.5. The minimum atomic E-state index is -0.114. The second-order valence-electron chi connectivity index (χ2n) is 13.8. The molecule has 7 aromatic carbocycles. The standard InChI is InChI=1S/C43H36/c1-42(2,3)41-35-18-10-9-17-33(35)39(34-24-21-29(25-36(34)41)27-13-7-6-8-14-27)30-22-23-31-32-19-11-15-28-16-12-20-37(40(28)32)43(4,5)38(31)26-30/h6-26H,1-5H3. The van der Waals surface area contributed by atoms with Crippen molar-refractivity contribution in [3.63, 3.8) is 0 Å². The fourth-order valence-corrected chi connectivity index (χ4v) is 7.79. The highest BCUT2D eigenvalue weighted by molar-refractivity contribution is 6.16. The van der Waals surface area contributed by atoms with E-state index in [2.05, 4.69) is 162 Å². The second-order valence-corrected chi connectivity index (χ2v) is 13.8. The maximum absolute atomic E-state index is 2.49. The van der Waals surface area contributed by atoms with E-state index in [0.29, 0.717) is 0 Å². The Kier molecular flexibility index (Phi) is 5.53. The van der Waals surface area contributed by atoms with Crippen LogP contribution in [-0.4, -0.2) is 0 Å². The largest absolute Gasteiger partial charge is 0.0622 e. The summed E-state index contributed by atoms with van der Waals surface area (Å²) in [6, 6.07) is 47.7. The average Bonchev–Trinajstić information content (AvgIpc) is 3.01. The molecule has 43 heavy (non-hydrogen) atoms. The predicted molar refractivity (Wildman–Crippen MR) is 186 cm³/mol. The first-order valence-electron chi connectivity index (χ1n) is 15.5. The Morgan fingerprint density at radius 1 is 0.465 bits per heavy atom. The molecule has 0 amide bonds. The lowest BCUT2D eigenvalue weighted by atomic mass is 9.68. The Morgan fingerprint density at radius 3 is 1.91 bits per heavy atom. The van der Waals surface area contributed by atoms with Crippen LogP contribution in [0, 0.1) is 0 Å². The van der Waals surface area contributed by atoms with Crippen molar-refractivity contribution in [1.82, 2.24) is 0 Å². The number of benzene rings is 7. The summed E-state index contributed by atoms with van der Waals surface area (Å²) in [6.07, 6.45) is 0. The first-order chi connectivity index (χ1) is 20.7. The van der Waals surface area contributed by atoms with Crippen LogP contribution in [0.25, 0.3) is 65.7 Å². The molecule has 0 spiro atoms. The Balaban J connectivity index is 1.46. The van der Waals surface area contributed by atoms with Crippen LogP contribution in [0.3, 0.4) is 0 Å². The van der Waals surface area contributed by atoms with E-state index in [9.17, 15) is 0 Å². The molecule has 0 heterocycles. The summed E-state index contributed by atoms with van der Waals surface area (Å²) in [7, 11) is 0. The van der Waals surface area contributed by atoms with Gasteiger partial charge in [-0.15, -0.1) is 0 Å². The van der Waals surface area contributed by atoms with Crippen molar-refractivity contribution in [3.8, 4) is 33.4 Å². The van der Waals surface area contributed by atoms with Gasteiger partial charge in [-0.05, 0) is 99.9 Å². The zero-order valence-electron chi connectivity index (χ0n) is 25.6. The van der Waals surface area contributed by atoms with Crippen molar-refractivity contribution >= 4 is 32.3 Å². The lowest BCUT2D eigenvalue weighted by Gasteiger charge is -2.35. The third-order valence-electron chi connectivity index (χ3n) is 9.73. The molecule has 0 nitrogen and oxygen atoms in total. The number of fused-ring (bicyclic) bond motifs is 4. The molecule has 0 heteroatoms. The van der Waals surface area contributed by atoms with E-state index in [4.69, 9.17) is 0 Å². The van der Waals surface area contributed by atoms with Crippen LogP contribution in [-0.2, 0) is 10.8 Å². The minimum Gasteiger partial charge on any atom is -0.0622 e. The highest BCUT2D eigenvalue weighted by Crippen LogP contribution is 2.51. The Morgan fingerprint density at radius 2 is 1.14 bits per heavy atom. The monoisotopic (exact) mass is 552 g/mol. The summed E-state index contributed by atoms with van der Waals surface area (Å²) in [4.78, 5) is 0. The van der Waals surface area contributed by atoms with E-state index in [-0.39, 0.29) is 10.8 Å². The molecule has 7 aromatic rings. The van der Waals surface area contributed by atoms with Gasteiger partial charge in [0.15, 0.2) is 0 Å². The van der Waals surface area contributed by atoms with E-state index in [1.54, 1.807) is 0 Å². The molecule has 0 saturated heterocycles. The quantitative estimate of drug-likeness (QED) is 0.187. The highest BCUT2D eigenvalue weighted by atomic mass is 14.4. The minimum absolute atomic E-state index is 0.0219. The Bertz CT molecular complexity index is 2220. The van der Waals surface area contributed by atoms with Gasteiger partial charge in [-0.25, -0.2) is 0 Å². The maximum Gasteiger partial charge on any atom is 0.0159 e. The van der Waals surface area contributed by atoms with Gasteiger partial charge in [-0.1, -0.05) is 150 Å². The van der Waals surface area contributed by atoms with Crippen LogP contribution >= 0.6 is 0 Å². The van der Waals surface area contributed by atoms with Crippen LogP contribution in [0.2, 0.25) is 0 Å². The van der Waals surface area contributed by atoms with Crippen LogP contribution in [0.15, 0.2) is 127 Å². The van der Waals surface area contributed by atoms with Gasteiger partial charge >= 0.3 is 0 Å². The molecule has 1 aliphatic carbocycles. The lowest BCUT2D eigenvalue weighted by molar-refractivity contribution is 0.601. The first kappa shape index (κ1) is 26.0.